The van der Waals surface area contributed by atoms with Crippen LogP contribution in [-0.4, -0.2) is 39.9 Å². The lowest BCUT2D eigenvalue weighted by Gasteiger charge is -2.36. The maximum Gasteiger partial charge on any atom is 0.150 e. The van der Waals surface area contributed by atoms with Crippen molar-refractivity contribution in [2.75, 3.05) is 13.1 Å². The summed E-state index contributed by atoms with van der Waals surface area (Å²) in [4.78, 5) is 18.3. The van der Waals surface area contributed by atoms with Gasteiger partial charge in [0.15, 0.2) is 0 Å². The number of benzene rings is 1. The lowest BCUT2D eigenvalue weighted by Crippen LogP contribution is -2.41. The molecule has 0 saturated heterocycles. The van der Waals surface area contributed by atoms with Crippen molar-refractivity contribution < 1.29 is 4.79 Å². The molecule has 4 heteroatoms. The normalized spacial score (nSPS) is 17.5. The number of fused-ring (bicyclic) bond motifs is 3. The second-order valence-corrected chi connectivity index (χ2v) is 5.92. The molecule has 0 radical (unpaired) electrons. The van der Waals surface area contributed by atoms with Crippen molar-refractivity contribution >= 4 is 17.3 Å². The summed E-state index contributed by atoms with van der Waals surface area (Å²) in [7, 11) is 0. The summed E-state index contributed by atoms with van der Waals surface area (Å²) in [5.74, 6) is 1.17. The summed E-state index contributed by atoms with van der Waals surface area (Å²) in [6.45, 7) is 11.2. The summed E-state index contributed by atoms with van der Waals surface area (Å²) in [6.07, 6.45) is 6.03. The molecule has 1 aromatic carbocycles. The topological polar surface area (TPSA) is 38.1 Å². The molecule has 132 valence electrons. The van der Waals surface area contributed by atoms with Crippen LogP contribution in [0.15, 0.2) is 18.2 Å². The fraction of sp³-hybridized carbons (Fsp3) is 0.600. The number of hydrogen-bond acceptors (Lipinski definition) is 3. The van der Waals surface area contributed by atoms with Crippen LogP contribution in [0.4, 0.5) is 0 Å². The van der Waals surface area contributed by atoms with Gasteiger partial charge < -0.3 is 4.57 Å². The number of imidazole rings is 1. The number of carbonyl (C=O) groups is 1. The highest BCUT2D eigenvalue weighted by atomic mass is 16.1. The molecule has 0 spiro atoms. The zero-order chi connectivity index (χ0) is 17.5. The van der Waals surface area contributed by atoms with Crippen LogP contribution in [0.2, 0.25) is 0 Å². The molecule has 1 aliphatic heterocycles. The molecule has 0 atom stereocenters. The number of aldehydes is 1. The quantitative estimate of drug-likeness (QED) is 0.771. The van der Waals surface area contributed by atoms with Crippen molar-refractivity contribution in [3.63, 3.8) is 0 Å². The molecule has 1 aromatic heterocycles. The van der Waals surface area contributed by atoms with E-state index in [-0.39, 0.29) is 0 Å². The first kappa shape index (κ1) is 18.7. The Hall–Kier alpha value is -1.68. The summed E-state index contributed by atoms with van der Waals surface area (Å²) in [6, 6.07) is 6.59. The van der Waals surface area contributed by atoms with Crippen molar-refractivity contribution in [2.45, 2.75) is 66.0 Å². The number of hydrogen-bond donors (Lipinski definition) is 0. The minimum atomic E-state index is 0.736. The Bertz CT molecular complexity index is 658. The van der Waals surface area contributed by atoms with Gasteiger partial charge in [0.2, 0.25) is 0 Å². The first-order valence-corrected chi connectivity index (χ1v) is 9.53. The number of carbonyl (C=O) groups excluding carboxylic acids is 1. The van der Waals surface area contributed by atoms with E-state index in [2.05, 4.69) is 9.47 Å². The third-order valence-corrected chi connectivity index (χ3v) is 4.81. The predicted octanol–water partition coefficient (Wildman–Crippen LogP) is 4.31. The molecule has 0 N–H and O–H groups in total. The first-order valence-electron chi connectivity index (χ1n) is 9.53. The van der Waals surface area contributed by atoms with Crippen LogP contribution in [0.1, 0.15) is 63.1 Å². The average Bonchev–Trinajstić information content (AvgIpc) is 2.83. The third kappa shape index (κ3) is 3.69. The largest absolute Gasteiger partial charge is 0.327 e. The van der Waals surface area contributed by atoms with E-state index in [1.54, 1.807) is 0 Å². The first-order chi connectivity index (χ1) is 11.8. The molecule has 1 fully saturated rings. The van der Waals surface area contributed by atoms with Gasteiger partial charge >= 0.3 is 0 Å². The molecule has 4 nitrogen and oxygen atoms in total. The Morgan fingerprint density at radius 2 is 1.83 bits per heavy atom. The minimum absolute atomic E-state index is 0.736. The van der Waals surface area contributed by atoms with Gasteiger partial charge in [0.1, 0.15) is 12.1 Å². The van der Waals surface area contributed by atoms with Gasteiger partial charge in [-0.15, -0.1) is 0 Å². The van der Waals surface area contributed by atoms with Crippen molar-refractivity contribution in [3.05, 3.63) is 29.6 Å². The van der Waals surface area contributed by atoms with Crippen LogP contribution in [-0.2, 0) is 13.0 Å². The number of aromatic nitrogens is 2. The van der Waals surface area contributed by atoms with Crippen molar-refractivity contribution in [3.8, 4) is 0 Å². The Balaban J connectivity index is 0.000000487. The Labute approximate surface area is 145 Å². The highest BCUT2D eigenvalue weighted by Gasteiger charge is 2.27. The van der Waals surface area contributed by atoms with Crippen LogP contribution < -0.4 is 0 Å². The summed E-state index contributed by atoms with van der Waals surface area (Å²) >= 11 is 0. The van der Waals surface area contributed by atoms with Crippen LogP contribution in [0.5, 0.6) is 0 Å². The second kappa shape index (κ2) is 8.97. The number of nitrogens with zero attached hydrogens (tertiary/aromatic N) is 3. The molecule has 1 aliphatic carbocycles. The van der Waals surface area contributed by atoms with Gasteiger partial charge in [0.25, 0.3) is 0 Å². The number of rotatable bonds is 2. The molecule has 1 saturated carbocycles. The van der Waals surface area contributed by atoms with Crippen molar-refractivity contribution in [1.82, 2.24) is 14.5 Å². The van der Waals surface area contributed by atoms with Gasteiger partial charge in [-0.25, -0.2) is 4.98 Å². The van der Waals surface area contributed by atoms with Crippen LogP contribution in [0.25, 0.3) is 11.0 Å². The van der Waals surface area contributed by atoms with Gasteiger partial charge in [-0.2, -0.15) is 0 Å². The van der Waals surface area contributed by atoms with Gasteiger partial charge in [0, 0.05) is 37.7 Å². The molecular weight excluding hydrogens is 298 g/mol. The lowest BCUT2D eigenvalue weighted by molar-refractivity contribution is 0.112. The molecule has 0 unspecified atom stereocenters. The molecular formula is C20H31N3O. The minimum Gasteiger partial charge on any atom is -0.327 e. The van der Waals surface area contributed by atoms with Gasteiger partial charge in [-0.3, -0.25) is 9.69 Å². The second-order valence-electron chi connectivity index (χ2n) is 5.92. The van der Waals surface area contributed by atoms with Crippen LogP contribution in [0.3, 0.4) is 0 Å². The molecule has 4 rings (SSSR count). The van der Waals surface area contributed by atoms with E-state index >= 15 is 0 Å². The van der Waals surface area contributed by atoms with Crippen molar-refractivity contribution in [1.29, 1.82) is 0 Å². The van der Waals surface area contributed by atoms with Gasteiger partial charge in [0.05, 0.1) is 11.0 Å². The molecule has 2 aromatic rings. The highest BCUT2D eigenvalue weighted by Crippen LogP contribution is 2.27. The molecule has 24 heavy (non-hydrogen) atoms. The predicted molar refractivity (Wildman–Crippen MR) is 101 cm³/mol. The van der Waals surface area contributed by atoms with E-state index in [0.717, 1.165) is 55.0 Å². The maximum absolute atomic E-state index is 11.0. The van der Waals surface area contributed by atoms with E-state index in [1.165, 1.54) is 25.1 Å². The Kier molecular flexibility index (Phi) is 6.98. The van der Waals surface area contributed by atoms with Gasteiger partial charge in [-0.05, 0) is 31.0 Å². The standard InChI is InChI=1S/C16H19N3O.2C2H6/c20-11-12-4-5-14-15(10-12)19-9-8-18(13-2-1-3-13)7-6-16(19)17-14;2*1-2/h4-5,10-11,13H,1-3,6-9H2;2*1-2H3. The fourth-order valence-corrected chi connectivity index (χ4v) is 3.40. The molecule has 0 amide bonds. The molecule has 2 heterocycles. The third-order valence-electron chi connectivity index (χ3n) is 4.81. The summed E-state index contributed by atoms with van der Waals surface area (Å²) in [5.41, 5.74) is 2.86. The highest BCUT2D eigenvalue weighted by molar-refractivity contribution is 5.85. The smallest absolute Gasteiger partial charge is 0.150 e. The summed E-state index contributed by atoms with van der Waals surface area (Å²) in [5, 5.41) is 0. The lowest BCUT2D eigenvalue weighted by atomic mass is 9.91. The van der Waals surface area contributed by atoms with Crippen LogP contribution in [0, 0.1) is 0 Å². The SMILES string of the molecule is CC.CC.O=Cc1ccc2nc3n(c2c1)CCN(C1CCC1)CC3. The maximum atomic E-state index is 11.0. The van der Waals surface area contributed by atoms with E-state index < -0.39 is 0 Å². The molecule has 2 aliphatic rings. The van der Waals surface area contributed by atoms with Crippen LogP contribution >= 0.6 is 0 Å². The van der Waals surface area contributed by atoms with Gasteiger partial charge in [-0.1, -0.05) is 34.1 Å². The van der Waals surface area contributed by atoms with E-state index in [0.29, 0.717) is 0 Å². The van der Waals surface area contributed by atoms with E-state index in [4.69, 9.17) is 4.98 Å². The zero-order valence-electron chi connectivity index (χ0n) is 15.6. The van der Waals surface area contributed by atoms with E-state index in [1.807, 2.05) is 45.9 Å². The van der Waals surface area contributed by atoms with E-state index in [9.17, 15) is 4.79 Å². The average molecular weight is 329 g/mol. The fourth-order valence-electron chi connectivity index (χ4n) is 3.40. The monoisotopic (exact) mass is 329 g/mol. The Morgan fingerprint density at radius 3 is 2.46 bits per heavy atom. The Morgan fingerprint density at radius 1 is 1.08 bits per heavy atom. The van der Waals surface area contributed by atoms with Crippen molar-refractivity contribution in [2.24, 2.45) is 0 Å². The zero-order valence-corrected chi connectivity index (χ0v) is 15.6. The summed E-state index contributed by atoms with van der Waals surface area (Å²) < 4.78 is 2.31. The molecule has 0 bridgehead atoms.